The van der Waals surface area contributed by atoms with Gasteiger partial charge in [-0.05, 0) is 55.3 Å². The SMILES string of the molecule is CCCCCOc1ccc(C(=O)Nc2ccc(C)c(NC(=O)CC)c2)cc1. The maximum atomic E-state index is 12.5. The van der Waals surface area contributed by atoms with E-state index in [-0.39, 0.29) is 11.8 Å². The smallest absolute Gasteiger partial charge is 0.255 e. The van der Waals surface area contributed by atoms with Gasteiger partial charge in [0.1, 0.15) is 5.75 Å². The second-order valence-electron chi connectivity index (χ2n) is 6.47. The van der Waals surface area contributed by atoms with Gasteiger partial charge in [-0.2, -0.15) is 0 Å². The Hall–Kier alpha value is -2.82. The monoisotopic (exact) mass is 368 g/mol. The number of carbonyl (C=O) groups is 2. The molecule has 0 unspecified atom stereocenters. The zero-order valence-electron chi connectivity index (χ0n) is 16.3. The molecule has 5 nitrogen and oxygen atoms in total. The van der Waals surface area contributed by atoms with E-state index in [4.69, 9.17) is 4.74 Å². The van der Waals surface area contributed by atoms with E-state index in [1.165, 1.54) is 0 Å². The Balaban J connectivity index is 1.98. The number of hydrogen-bond donors (Lipinski definition) is 2. The third-order valence-electron chi connectivity index (χ3n) is 4.22. The zero-order valence-corrected chi connectivity index (χ0v) is 16.3. The van der Waals surface area contributed by atoms with E-state index < -0.39 is 0 Å². The molecule has 0 bridgehead atoms. The summed E-state index contributed by atoms with van der Waals surface area (Å²) in [6.45, 7) is 6.56. The molecule has 5 heteroatoms. The second-order valence-corrected chi connectivity index (χ2v) is 6.47. The molecule has 0 radical (unpaired) electrons. The topological polar surface area (TPSA) is 67.4 Å². The molecule has 0 spiro atoms. The first-order chi connectivity index (χ1) is 13.0. The Morgan fingerprint density at radius 2 is 1.70 bits per heavy atom. The third-order valence-corrected chi connectivity index (χ3v) is 4.22. The summed E-state index contributed by atoms with van der Waals surface area (Å²) in [7, 11) is 0. The Labute approximate surface area is 161 Å². The minimum absolute atomic E-state index is 0.0592. The van der Waals surface area contributed by atoms with E-state index in [1.54, 1.807) is 25.1 Å². The van der Waals surface area contributed by atoms with Gasteiger partial charge < -0.3 is 15.4 Å². The maximum Gasteiger partial charge on any atom is 0.255 e. The summed E-state index contributed by atoms with van der Waals surface area (Å²) in [5.74, 6) is 0.503. The van der Waals surface area contributed by atoms with Crippen LogP contribution in [0.5, 0.6) is 5.75 Å². The van der Waals surface area contributed by atoms with Crippen LogP contribution in [0.2, 0.25) is 0 Å². The van der Waals surface area contributed by atoms with E-state index in [2.05, 4.69) is 17.6 Å². The Morgan fingerprint density at radius 3 is 2.37 bits per heavy atom. The van der Waals surface area contributed by atoms with E-state index in [0.29, 0.717) is 30.0 Å². The second kappa shape index (κ2) is 10.4. The minimum Gasteiger partial charge on any atom is -0.494 e. The summed E-state index contributed by atoms with van der Waals surface area (Å²) in [6.07, 6.45) is 3.75. The molecular formula is C22H28N2O3. The van der Waals surface area contributed by atoms with Crippen LogP contribution < -0.4 is 15.4 Å². The molecule has 0 aliphatic rings. The molecule has 0 aromatic heterocycles. The number of unbranched alkanes of at least 4 members (excludes halogenated alkanes) is 2. The third kappa shape index (κ3) is 6.44. The number of rotatable bonds is 9. The van der Waals surface area contributed by atoms with E-state index in [1.807, 2.05) is 31.2 Å². The highest BCUT2D eigenvalue weighted by molar-refractivity contribution is 6.04. The zero-order chi connectivity index (χ0) is 19.6. The van der Waals surface area contributed by atoms with Gasteiger partial charge in [0.25, 0.3) is 5.91 Å². The first-order valence-corrected chi connectivity index (χ1v) is 9.48. The van der Waals surface area contributed by atoms with Crippen LogP contribution >= 0.6 is 0 Å². The molecule has 144 valence electrons. The quantitative estimate of drug-likeness (QED) is 0.600. The first kappa shape index (κ1) is 20.5. The number of amides is 2. The number of hydrogen-bond acceptors (Lipinski definition) is 3. The number of carbonyl (C=O) groups excluding carboxylic acids is 2. The summed E-state index contributed by atoms with van der Waals surface area (Å²) >= 11 is 0. The van der Waals surface area contributed by atoms with Gasteiger partial charge in [-0.1, -0.05) is 32.8 Å². The van der Waals surface area contributed by atoms with Crippen molar-refractivity contribution in [1.29, 1.82) is 0 Å². The first-order valence-electron chi connectivity index (χ1n) is 9.48. The summed E-state index contributed by atoms with van der Waals surface area (Å²) in [5, 5.41) is 5.71. The van der Waals surface area contributed by atoms with Crippen molar-refractivity contribution in [3.8, 4) is 5.75 Å². The lowest BCUT2D eigenvalue weighted by Gasteiger charge is -2.11. The summed E-state index contributed by atoms with van der Waals surface area (Å²) in [4.78, 5) is 24.1. The fraction of sp³-hybridized carbons (Fsp3) is 0.364. The average molecular weight is 368 g/mol. The summed E-state index contributed by atoms with van der Waals surface area (Å²) < 4.78 is 5.67. The number of aryl methyl sites for hydroxylation is 1. The van der Waals surface area contributed by atoms with Crippen LogP contribution in [0, 0.1) is 6.92 Å². The molecule has 2 aromatic carbocycles. The van der Waals surface area contributed by atoms with Crippen LogP contribution in [0.1, 0.15) is 55.5 Å². The van der Waals surface area contributed by atoms with Crippen molar-refractivity contribution in [2.75, 3.05) is 17.2 Å². The van der Waals surface area contributed by atoms with Crippen molar-refractivity contribution >= 4 is 23.2 Å². The van der Waals surface area contributed by atoms with Gasteiger partial charge in [-0.15, -0.1) is 0 Å². The molecule has 0 atom stereocenters. The molecule has 0 aliphatic heterocycles. The highest BCUT2D eigenvalue weighted by Gasteiger charge is 2.09. The molecular weight excluding hydrogens is 340 g/mol. The van der Waals surface area contributed by atoms with Crippen molar-refractivity contribution in [2.45, 2.75) is 46.5 Å². The Bertz CT molecular complexity index is 770. The van der Waals surface area contributed by atoms with Crippen LogP contribution in [0.25, 0.3) is 0 Å². The number of benzene rings is 2. The van der Waals surface area contributed by atoms with Gasteiger partial charge in [0.15, 0.2) is 0 Å². The molecule has 27 heavy (non-hydrogen) atoms. The van der Waals surface area contributed by atoms with Gasteiger partial charge >= 0.3 is 0 Å². The standard InChI is InChI=1S/C22H28N2O3/c1-4-6-7-14-27-19-12-9-17(10-13-19)22(26)23-18-11-8-16(3)20(15-18)24-21(25)5-2/h8-13,15H,4-7,14H2,1-3H3,(H,23,26)(H,24,25). The van der Waals surface area contributed by atoms with Crippen molar-refractivity contribution in [3.05, 3.63) is 53.6 Å². The van der Waals surface area contributed by atoms with Gasteiger partial charge in [0.2, 0.25) is 5.91 Å². The molecule has 2 aromatic rings. The molecule has 2 rings (SSSR count). The van der Waals surface area contributed by atoms with Gasteiger partial charge in [-0.3, -0.25) is 9.59 Å². The van der Waals surface area contributed by atoms with E-state index in [0.717, 1.165) is 30.6 Å². The fourth-order valence-corrected chi connectivity index (χ4v) is 2.52. The maximum absolute atomic E-state index is 12.5. The van der Waals surface area contributed by atoms with E-state index >= 15 is 0 Å². The predicted octanol–water partition coefficient (Wildman–Crippen LogP) is 5.16. The van der Waals surface area contributed by atoms with Crippen molar-refractivity contribution in [3.63, 3.8) is 0 Å². The molecule has 0 saturated heterocycles. The molecule has 2 N–H and O–H groups in total. The summed E-state index contributed by atoms with van der Waals surface area (Å²) in [6, 6.07) is 12.6. The summed E-state index contributed by atoms with van der Waals surface area (Å²) in [5.41, 5.74) is 2.84. The number of anilines is 2. The lowest BCUT2D eigenvalue weighted by molar-refractivity contribution is -0.115. The Kier molecular flexibility index (Phi) is 7.86. The highest BCUT2D eigenvalue weighted by atomic mass is 16.5. The van der Waals surface area contributed by atoms with Crippen molar-refractivity contribution in [1.82, 2.24) is 0 Å². The lowest BCUT2D eigenvalue weighted by Crippen LogP contribution is -2.14. The number of nitrogens with one attached hydrogen (secondary N) is 2. The Morgan fingerprint density at radius 1 is 0.963 bits per heavy atom. The normalized spacial score (nSPS) is 10.3. The van der Waals surface area contributed by atoms with Crippen LogP contribution in [0.15, 0.2) is 42.5 Å². The molecule has 0 aliphatic carbocycles. The molecule has 0 heterocycles. The average Bonchev–Trinajstić information content (AvgIpc) is 2.68. The van der Waals surface area contributed by atoms with E-state index in [9.17, 15) is 9.59 Å². The molecule has 2 amide bonds. The largest absolute Gasteiger partial charge is 0.494 e. The van der Waals surface area contributed by atoms with Crippen LogP contribution in [0.3, 0.4) is 0 Å². The lowest BCUT2D eigenvalue weighted by atomic mass is 10.1. The van der Waals surface area contributed by atoms with Crippen LogP contribution in [-0.4, -0.2) is 18.4 Å². The molecule has 0 saturated carbocycles. The predicted molar refractivity (Wildman–Crippen MR) is 110 cm³/mol. The van der Waals surface area contributed by atoms with Gasteiger partial charge in [0.05, 0.1) is 6.61 Å². The van der Waals surface area contributed by atoms with Crippen molar-refractivity contribution < 1.29 is 14.3 Å². The van der Waals surface area contributed by atoms with Crippen LogP contribution in [-0.2, 0) is 4.79 Å². The fourth-order valence-electron chi connectivity index (χ4n) is 2.52. The minimum atomic E-state index is -0.204. The van der Waals surface area contributed by atoms with Gasteiger partial charge in [0, 0.05) is 23.4 Å². The number of ether oxygens (including phenoxy) is 1. The highest BCUT2D eigenvalue weighted by Crippen LogP contribution is 2.21. The van der Waals surface area contributed by atoms with Gasteiger partial charge in [-0.25, -0.2) is 0 Å². The van der Waals surface area contributed by atoms with Crippen LogP contribution in [0.4, 0.5) is 11.4 Å². The molecule has 0 fully saturated rings. The van der Waals surface area contributed by atoms with Crippen molar-refractivity contribution in [2.24, 2.45) is 0 Å².